The summed E-state index contributed by atoms with van der Waals surface area (Å²) in [5.41, 5.74) is 10.5. The fourth-order valence-electron chi connectivity index (χ4n) is 8.97. The lowest BCUT2D eigenvalue weighted by atomic mass is 9.79. The maximum absolute atomic E-state index is 16.6. The average molecular weight is 845 g/mol. The van der Waals surface area contributed by atoms with E-state index in [1.807, 2.05) is 128 Å². The van der Waals surface area contributed by atoms with Crippen molar-refractivity contribution < 1.29 is 27.4 Å². The monoisotopic (exact) mass is 844 g/mol. The smallest absolute Gasteiger partial charge is 0.399 e. The van der Waals surface area contributed by atoms with E-state index in [2.05, 4.69) is 73.9 Å². The number of rotatable bonds is 8. The van der Waals surface area contributed by atoms with E-state index in [4.69, 9.17) is 18.6 Å². The Balaban J connectivity index is 1.13. The molecule has 0 unspecified atom stereocenters. The maximum Gasteiger partial charge on any atom is 0.494 e. The van der Waals surface area contributed by atoms with Crippen molar-refractivity contribution in [2.75, 3.05) is 9.80 Å². The highest BCUT2D eigenvalue weighted by Gasteiger charge is 2.53. The molecule has 3 aliphatic rings. The van der Waals surface area contributed by atoms with Gasteiger partial charge in [0.15, 0.2) is 0 Å². The van der Waals surface area contributed by atoms with Crippen LogP contribution in [-0.2, 0) is 24.5 Å². The van der Waals surface area contributed by atoms with Gasteiger partial charge in [-0.3, -0.25) is 0 Å². The molecule has 322 valence electrons. The largest absolute Gasteiger partial charge is 0.494 e. The number of nitrogens with zero attached hydrogens (tertiary/aromatic N) is 2. The molecular weight excluding hydrogens is 788 g/mol. The van der Waals surface area contributed by atoms with Crippen molar-refractivity contribution in [2.45, 2.75) is 111 Å². The van der Waals surface area contributed by atoms with E-state index >= 15 is 8.78 Å². The number of anilines is 6. The molecule has 0 saturated carbocycles. The van der Waals surface area contributed by atoms with Gasteiger partial charge >= 0.3 is 14.2 Å². The number of aryl methyl sites for hydroxylation is 4. The van der Waals surface area contributed by atoms with Crippen molar-refractivity contribution >= 4 is 59.3 Å². The van der Waals surface area contributed by atoms with Crippen LogP contribution in [0.25, 0.3) is 11.1 Å². The molecule has 63 heavy (non-hydrogen) atoms. The summed E-state index contributed by atoms with van der Waals surface area (Å²) in [5, 5.41) is 0. The van der Waals surface area contributed by atoms with Gasteiger partial charge < -0.3 is 28.4 Å². The lowest BCUT2D eigenvalue weighted by Gasteiger charge is -2.32. The Hall–Kier alpha value is -5.25. The molecule has 6 aromatic rings. The molecule has 0 radical (unpaired) electrons. The second-order valence-electron chi connectivity index (χ2n) is 19.6. The van der Waals surface area contributed by atoms with E-state index in [1.54, 1.807) is 12.1 Å². The van der Waals surface area contributed by atoms with Crippen LogP contribution in [0.15, 0.2) is 121 Å². The van der Waals surface area contributed by atoms with Crippen molar-refractivity contribution in [2.24, 2.45) is 0 Å². The highest BCUT2D eigenvalue weighted by atomic mass is 19.3. The molecule has 10 heteroatoms. The van der Waals surface area contributed by atoms with E-state index in [9.17, 15) is 0 Å². The Bertz CT molecular complexity index is 2530. The summed E-state index contributed by atoms with van der Waals surface area (Å²) < 4.78 is 58.7. The summed E-state index contributed by atoms with van der Waals surface area (Å²) in [5.74, 6) is -3.19. The minimum atomic E-state index is -3.19. The molecule has 6 nitrogen and oxygen atoms in total. The molecule has 6 aromatic carbocycles. The normalized spacial score (nSPS) is 18.6. The molecule has 0 N–H and O–H groups in total. The first-order valence-electron chi connectivity index (χ1n) is 21.9. The number of fused-ring (bicyclic) bond motifs is 3. The van der Waals surface area contributed by atoms with E-state index in [0.717, 1.165) is 67.3 Å². The molecule has 1 aliphatic carbocycles. The molecule has 2 fully saturated rings. The summed E-state index contributed by atoms with van der Waals surface area (Å²) in [6.45, 7) is 24.7. The summed E-state index contributed by atoms with van der Waals surface area (Å²) in [4.78, 5) is 4.29. The molecule has 9 rings (SSSR count). The zero-order valence-corrected chi connectivity index (χ0v) is 38.5. The van der Waals surface area contributed by atoms with Crippen molar-refractivity contribution in [3.63, 3.8) is 0 Å². The maximum atomic E-state index is 16.6. The Morgan fingerprint density at radius 1 is 0.397 bits per heavy atom. The van der Waals surface area contributed by atoms with Gasteiger partial charge in [-0.1, -0.05) is 59.7 Å². The predicted molar refractivity (Wildman–Crippen MR) is 255 cm³/mol. The van der Waals surface area contributed by atoms with Crippen LogP contribution < -0.4 is 20.7 Å². The molecule has 2 aliphatic heterocycles. The van der Waals surface area contributed by atoms with Gasteiger partial charge in [0.1, 0.15) is 0 Å². The lowest BCUT2D eigenvalue weighted by Crippen LogP contribution is -2.41. The Labute approximate surface area is 372 Å². The quantitative estimate of drug-likeness (QED) is 0.142. The summed E-state index contributed by atoms with van der Waals surface area (Å²) >= 11 is 0. The topological polar surface area (TPSA) is 43.4 Å². The summed E-state index contributed by atoms with van der Waals surface area (Å²) in [6, 6.07) is 39.6. The van der Waals surface area contributed by atoms with Crippen LogP contribution in [0.1, 0.15) is 88.8 Å². The minimum Gasteiger partial charge on any atom is -0.399 e. The van der Waals surface area contributed by atoms with Crippen molar-refractivity contribution in [1.29, 1.82) is 0 Å². The third kappa shape index (κ3) is 7.29. The molecule has 0 bridgehead atoms. The zero-order chi connectivity index (χ0) is 45.0. The molecule has 0 amide bonds. The third-order valence-corrected chi connectivity index (χ3v) is 14.0. The molecule has 0 atom stereocenters. The fraction of sp³-hybridized carbons (Fsp3) is 0.321. The van der Waals surface area contributed by atoms with Crippen LogP contribution in [0.5, 0.6) is 0 Å². The van der Waals surface area contributed by atoms with Gasteiger partial charge in [-0.15, -0.1) is 0 Å². The van der Waals surface area contributed by atoms with Gasteiger partial charge in [0.25, 0.3) is 5.92 Å². The van der Waals surface area contributed by atoms with Gasteiger partial charge in [-0.25, -0.2) is 0 Å². The Morgan fingerprint density at radius 2 is 0.714 bits per heavy atom. The Morgan fingerprint density at radius 3 is 1.03 bits per heavy atom. The third-order valence-electron chi connectivity index (χ3n) is 14.0. The Kier molecular flexibility index (Phi) is 10.2. The van der Waals surface area contributed by atoms with E-state index < -0.39 is 42.6 Å². The first-order valence-corrected chi connectivity index (χ1v) is 21.9. The van der Waals surface area contributed by atoms with Gasteiger partial charge in [-0.05, 0) is 189 Å². The summed E-state index contributed by atoms with van der Waals surface area (Å²) in [7, 11) is -1.02. The molecular formula is C53H56B2F2N2O4. The van der Waals surface area contributed by atoms with Crippen LogP contribution in [0.2, 0.25) is 0 Å². The number of hydrogen-bond acceptors (Lipinski definition) is 6. The number of hydrogen-bond donors (Lipinski definition) is 0. The van der Waals surface area contributed by atoms with E-state index in [0.29, 0.717) is 11.1 Å². The van der Waals surface area contributed by atoms with Crippen LogP contribution in [-0.4, -0.2) is 36.6 Å². The van der Waals surface area contributed by atoms with Gasteiger partial charge in [0.05, 0.1) is 22.4 Å². The second kappa shape index (κ2) is 14.9. The van der Waals surface area contributed by atoms with E-state index in [1.165, 1.54) is 0 Å². The summed E-state index contributed by atoms with van der Waals surface area (Å²) in [6.07, 6.45) is 0. The molecule has 2 saturated heterocycles. The van der Waals surface area contributed by atoms with Crippen molar-refractivity contribution in [1.82, 2.24) is 0 Å². The van der Waals surface area contributed by atoms with Gasteiger partial charge in [-0.2, -0.15) is 8.78 Å². The standard InChI is InChI=1S/C53H56B2F2N2O4/c1-33-13-27-47(35(3)29-33)58(39-19-15-37(16-20-39)54-60-49(5,6)50(7,8)61-54)41-23-25-45-43(31-41)44-32-42(24-26-46(44)53(45,56)57)59(48-28-14-34(2)30-36(48)4)40-21-17-38(18-22-40)55-62-51(9,10)52(11,12)63-55/h13-32H,1-12H3. The minimum absolute atomic E-state index is 0.0140. The lowest BCUT2D eigenvalue weighted by molar-refractivity contribution is 0.00578. The zero-order valence-electron chi connectivity index (χ0n) is 38.5. The highest BCUT2D eigenvalue weighted by Crippen LogP contribution is 2.54. The first kappa shape index (κ1) is 43.0. The highest BCUT2D eigenvalue weighted by molar-refractivity contribution is 6.62. The van der Waals surface area contributed by atoms with Crippen LogP contribution in [0.4, 0.5) is 42.9 Å². The SMILES string of the molecule is Cc1ccc(N(c2ccc(B3OC(C)(C)C(C)(C)O3)cc2)c2ccc3c(c2)-c2cc(N(c4ccc(B5OC(C)(C)C(C)(C)O5)cc4)c4ccc(C)cc4C)ccc2C3(F)F)c(C)c1. The van der Waals surface area contributed by atoms with Gasteiger partial charge in [0.2, 0.25) is 0 Å². The number of halogens is 2. The average Bonchev–Trinajstić information content (AvgIpc) is 3.69. The molecule has 0 spiro atoms. The predicted octanol–water partition coefficient (Wildman–Crippen LogP) is 12.6. The van der Waals surface area contributed by atoms with Crippen LogP contribution in [0.3, 0.4) is 0 Å². The van der Waals surface area contributed by atoms with Crippen LogP contribution >= 0.6 is 0 Å². The van der Waals surface area contributed by atoms with Gasteiger partial charge in [0, 0.05) is 45.3 Å². The first-order chi connectivity index (χ1) is 29.6. The second-order valence-corrected chi connectivity index (χ2v) is 19.6. The van der Waals surface area contributed by atoms with Crippen LogP contribution in [0, 0.1) is 27.7 Å². The number of alkyl halides is 2. The molecule has 2 heterocycles. The van der Waals surface area contributed by atoms with Crippen molar-refractivity contribution in [3.8, 4) is 11.1 Å². The fourth-order valence-corrected chi connectivity index (χ4v) is 8.97. The number of benzene rings is 6. The van der Waals surface area contributed by atoms with E-state index in [-0.39, 0.29) is 11.1 Å². The molecule has 0 aromatic heterocycles. The van der Waals surface area contributed by atoms with Crippen molar-refractivity contribution in [3.05, 3.63) is 155 Å².